The maximum Gasteiger partial charge on any atom is 0.219 e. The van der Waals surface area contributed by atoms with Crippen molar-refractivity contribution in [2.75, 3.05) is 0 Å². The highest BCUT2D eigenvalue weighted by atomic mass is 32.1. The Balaban J connectivity index is 2.06. The quantitative estimate of drug-likeness (QED) is 0.836. The van der Waals surface area contributed by atoms with E-state index in [-0.39, 0.29) is 0 Å². The summed E-state index contributed by atoms with van der Waals surface area (Å²) >= 11 is 4.85. The predicted octanol–water partition coefficient (Wildman–Crippen LogP) is 2.11. The molecule has 2 aromatic heterocycles. The van der Waals surface area contributed by atoms with Crippen LogP contribution in [0.1, 0.15) is 18.9 Å². The third-order valence-electron chi connectivity index (χ3n) is 2.31. The Bertz CT molecular complexity index is 535. The second-order valence-corrected chi connectivity index (χ2v) is 4.23. The maximum absolute atomic E-state index is 5.56. The molecule has 0 fully saturated rings. The van der Waals surface area contributed by atoms with Gasteiger partial charge in [0.05, 0.1) is 12.4 Å². The molecule has 18 heavy (non-hydrogen) atoms. The largest absolute Gasteiger partial charge is 0.436 e. The molecule has 6 heteroatoms. The molecule has 2 rings (SSSR count). The zero-order valence-electron chi connectivity index (χ0n) is 10.0. The van der Waals surface area contributed by atoms with Gasteiger partial charge in [0, 0.05) is 24.4 Å². The predicted molar refractivity (Wildman–Crippen MR) is 72.7 cm³/mol. The summed E-state index contributed by atoms with van der Waals surface area (Å²) in [5, 5.41) is 4.17. The van der Waals surface area contributed by atoms with E-state index in [1.807, 2.05) is 10.9 Å². The fourth-order valence-corrected chi connectivity index (χ4v) is 1.58. The molecule has 94 valence electrons. The number of pyridine rings is 1. The normalized spacial score (nSPS) is 10.3. The summed E-state index contributed by atoms with van der Waals surface area (Å²) in [5.41, 5.74) is 6.21. The van der Waals surface area contributed by atoms with E-state index in [2.05, 4.69) is 17.0 Å². The van der Waals surface area contributed by atoms with Crippen molar-refractivity contribution in [2.45, 2.75) is 19.9 Å². The number of hydrogen-bond donors (Lipinski definition) is 1. The van der Waals surface area contributed by atoms with Crippen LogP contribution in [0, 0.1) is 0 Å². The molecule has 0 bridgehead atoms. The average molecular weight is 262 g/mol. The van der Waals surface area contributed by atoms with Crippen molar-refractivity contribution in [1.82, 2.24) is 14.8 Å². The molecule has 0 aliphatic rings. The van der Waals surface area contributed by atoms with Crippen molar-refractivity contribution in [3.8, 4) is 11.6 Å². The van der Waals surface area contributed by atoms with E-state index in [0.29, 0.717) is 16.6 Å². The number of aryl methyl sites for hydroxylation is 1. The van der Waals surface area contributed by atoms with E-state index in [9.17, 15) is 0 Å². The Morgan fingerprint density at radius 3 is 2.89 bits per heavy atom. The Hall–Kier alpha value is -1.95. The van der Waals surface area contributed by atoms with E-state index >= 15 is 0 Å². The molecule has 0 amide bonds. The number of aromatic nitrogens is 3. The molecule has 0 aromatic carbocycles. The van der Waals surface area contributed by atoms with Crippen LogP contribution in [0.4, 0.5) is 0 Å². The van der Waals surface area contributed by atoms with Crippen LogP contribution in [0.2, 0.25) is 0 Å². The molecule has 2 aromatic rings. The van der Waals surface area contributed by atoms with Gasteiger partial charge in [0.15, 0.2) is 5.75 Å². The van der Waals surface area contributed by atoms with Gasteiger partial charge in [0.25, 0.3) is 0 Å². The van der Waals surface area contributed by atoms with Crippen LogP contribution < -0.4 is 10.5 Å². The van der Waals surface area contributed by atoms with Gasteiger partial charge in [-0.15, -0.1) is 0 Å². The minimum Gasteiger partial charge on any atom is -0.436 e. The molecular weight excluding hydrogens is 248 g/mol. The first-order valence-corrected chi connectivity index (χ1v) is 6.06. The van der Waals surface area contributed by atoms with Crippen LogP contribution in [0.15, 0.2) is 30.7 Å². The summed E-state index contributed by atoms with van der Waals surface area (Å²) in [6, 6.07) is 3.51. The number of ether oxygens (including phenoxy) is 1. The molecule has 2 N–H and O–H groups in total. The van der Waals surface area contributed by atoms with Crippen molar-refractivity contribution in [3.63, 3.8) is 0 Å². The molecule has 0 radical (unpaired) electrons. The molecule has 0 saturated heterocycles. The summed E-state index contributed by atoms with van der Waals surface area (Å²) < 4.78 is 7.39. The molecule has 0 unspecified atom stereocenters. The SMILES string of the molecule is CCCn1cc(Oc2ccc(C(N)=S)cn2)cn1. The van der Waals surface area contributed by atoms with Crippen molar-refractivity contribution >= 4 is 17.2 Å². The first-order valence-electron chi connectivity index (χ1n) is 5.65. The summed E-state index contributed by atoms with van der Waals surface area (Å²) in [5.74, 6) is 1.16. The lowest BCUT2D eigenvalue weighted by atomic mass is 10.3. The number of nitrogens with zero attached hydrogens (tertiary/aromatic N) is 3. The highest BCUT2D eigenvalue weighted by Crippen LogP contribution is 2.18. The summed E-state index contributed by atoms with van der Waals surface area (Å²) in [6.45, 7) is 2.97. The van der Waals surface area contributed by atoms with Crippen molar-refractivity contribution in [2.24, 2.45) is 5.73 Å². The maximum atomic E-state index is 5.56. The van der Waals surface area contributed by atoms with Gasteiger partial charge < -0.3 is 10.5 Å². The lowest BCUT2D eigenvalue weighted by molar-refractivity contribution is 0.461. The van der Waals surface area contributed by atoms with Gasteiger partial charge >= 0.3 is 0 Å². The van der Waals surface area contributed by atoms with Gasteiger partial charge in [0.1, 0.15) is 4.99 Å². The van der Waals surface area contributed by atoms with Gasteiger partial charge in [-0.05, 0) is 12.5 Å². The lowest BCUT2D eigenvalue weighted by Gasteiger charge is -2.02. The minimum absolute atomic E-state index is 0.324. The van der Waals surface area contributed by atoms with Crippen LogP contribution in [0.3, 0.4) is 0 Å². The van der Waals surface area contributed by atoms with E-state index in [1.54, 1.807) is 24.5 Å². The van der Waals surface area contributed by atoms with Crippen LogP contribution in [-0.4, -0.2) is 19.8 Å². The smallest absolute Gasteiger partial charge is 0.219 e. The number of rotatable bonds is 5. The monoisotopic (exact) mass is 262 g/mol. The fourth-order valence-electron chi connectivity index (χ4n) is 1.46. The average Bonchev–Trinajstić information content (AvgIpc) is 2.78. The molecule has 0 spiro atoms. The van der Waals surface area contributed by atoms with Gasteiger partial charge in [-0.3, -0.25) is 4.68 Å². The second-order valence-electron chi connectivity index (χ2n) is 3.79. The highest BCUT2D eigenvalue weighted by Gasteiger charge is 2.03. The van der Waals surface area contributed by atoms with Crippen LogP contribution in [0.5, 0.6) is 11.6 Å². The molecule has 5 nitrogen and oxygen atoms in total. The molecule has 0 saturated carbocycles. The van der Waals surface area contributed by atoms with Crippen molar-refractivity contribution in [1.29, 1.82) is 0 Å². The Kier molecular flexibility index (Phi) is 3.88. The van der Waals surface area contributed by atoms with Gasteiger partial charge in [-0.25, -0.2) is 4.98 Å². The highest BCUT2D eigenvalue weighted by molar-refractivity contribution is 7.80. The zero-order chi connectivity index (χ0) is 13.0. The van der Waals surface area contributed by atoms with E-state index < -0.39 is 0 Å². The minimum atomic E-state index is 0.324. The number of hydrogen-bond acceptors (Lipinski definition) is 4. The third-order valence-corrected chi connectivity index (χ3v) is 2.54. The van der Waals surface area contributed by atoms with Crippen molar-refractivity contribution < 1.29 is 4.74 Å². The Morgan fingerprint density at radius 2 is 2.28 bits per heavy atom. The van der Waals surface area contributed by atoms with Crippen LogP contribution >= 0.6 is 12.2 Å². The topological polar surface area (TPSA) is 66.0 Å². The molecule has 2 heterocycles. The molecule has 0 aliphatic heterocycles. The van der Waals surface area contributed by atoms with Gasteiger partial charge in [-0.1, -0.05) is 19.1 Å². The van der Waals surface area contributed by atoms with E-state index in [4.69, 9.17) is 22.7 Å². The van der Waals surface area contributed by atoms with Gasteiger partial charge in [0.2, 0.25) is 5.88 Å². The summed E-state index contributed by atoms with van der Waals surface area (Å²) in [7, 11) is 0. The standard InChI is InChI=1S/C12H14N4OS/c1-2-5-16-8-10(7-15-16)17-11-4-3-9(6-14-11)12(13)18/h3-4,6-8H,2,5H2,1H3,(H2,13,18). The Labute approximate surface area is 111 Å². The zero-order valence-corrected chi connectivity index (χ0v) is 10.9. The van der Waals surface area contributed by atoms with Gasteiger partial charge in [-0.2, -0.15) is 5.10 Å². The Morgan fingerprint density at radius 1 is 1.44 bits per heavy atom. The van der Waals surface area contributed by atoms with Crippen LogP contribution in [-0.2, 0) is 6.54 Å². The molecule has 0 aliphatic carbocycles. The van der Waals surface area contributed by atoms with E-state index in [0.717, 1.165) is 18.5 Å². The molecule has 0 atom stereocenters. The number of nitrogens with two attached hydrogens (primary N) is 1. The fraction of sp³-hybridized carbons (Fsp3) is 0.250. The van der Waals surface area contributed by atoms with Crippen molar-refractivity contribution in [3.05, 3.63) is 36.3 Å². The second kappa shape index (κ2) is 5.59. The van der Waals surface area contributed by atoms with Crippen LogP contribution in [0.25, 0.3) is 0 Å². The summed E-state index contributed by atoms with van der Waals surface area (Å²) in [6.07, 6.45) is 6.13. The molecular formula is C12H14N4OS. The number of thiocarbonyl (C=S) groups is 1. The first kappa shape index (κ1) is 12.5. The first-order chi connectivity index (χ1) is 8.69. The third kappa shape index (κ3) is 3.04. The van der Waals surface area contributed by atoms with E-state index in [1.165, 1.54) is 0 Å². The lowest BCUT2D eigenvalue weighted by Crippen LogP contribution is -2.09. The summed E-state index contributed by atoms with van der Waals surface area (Å²) in [4.78, 5) is 4.45.